The molecule has 2 rings (SSSR count). The first-order chi connectivity index (χ1) is 12.0. The lowest BCUT2D eigenvalue weighted by atomic mass is 10.1. The zero-order valence-electron chi connectivity index (χ0n) is 14.0. The van der Waals surface area contributed by atoms with Crippen molar-refractivity contribution in [3.63, 3.8) is 0 Å². The topological polar surface area (TPSA) is 49.4 Å². The molecule has 0 atom stereocenters. The third-order valence-corrected chi connectivity index (χ3v) is 4.48. The first-order valence-corrected chi connectivity index (χ1v) is 8.76. The molecule has 2 amide bonds. The number of nitrogens with zero attached hydrogens (tertiary/aromatic N) is 1. The number of benzene rings is 2. The zero-order valence-corrected chi connectivity index (χ0v) is 15.5. The molecule has 0 fully saturated rings. The van der Waals surface area contributed by atoms with Crippen LogP contribution in [0.4, 0.5) is 5.69 Å². The van der Waals surface area contributed by atoms with Crippen LogP contribution in [0.1, 0.15) is 18.9 Å². The summed E-state index contributed by atoms with van der Waals surface area (Å²) in [6.07, 6.45) is 0.990. The Hall–Kier alpha value is -2.04. The molecule has 6 heteroatoms. The van der Waals surface area contributed by atoms with E-state index in [1.807, 2.05) is 30.3 Å². The van der Waals surface area contributed by atoms with Crippen molar-refractivity contribution in [2.45, 2.75) is 19.8 Å². The van der Waals surface area contributed by atoms with Crippen molar-refractivity contribution in [3.05, 3.63) is 64.1 Å². The smallest absolute Gasteiger partial charge is 0.223 e. The summed E-state index contributed by atoms with van der Waals surface area (Å²) in [4.78, 5) is 25.4. The van der Waals surface area contributed by atoms with Gasteiger partial charge in [0.05, 0.1) is 10.0 Å². The van der Waals surface area contributed by atoms with Crippen LogP contribution in [0.5, 0.6) is 0 Å². The number of halogens is 2. The molecule has 132 valence electrons. The molecule has 25 heavy (non-hydrogen) atoms. The van der Waals surface area contributed by atoms with Gasteiger partial charge in [0, 0.05) is 32.1 Å². The maximum Gasteiger partial charge on any atom is 0.223 e. The second-order valence-corrected chi connectivity index (χ2v) is 6.42. The van der Waals surface area contributed by atoms with E-state index < -0.39 is 0 Å². The molecular weight excluding hydrogens is 359 g/mol. The maximum absolute atomic E-state index is 12.0. The predicted molar refractivity (Wildman–Crippen MR) is 102 cm³/mol. The second-order valence-electron chi connectivity index (χ2n) is 5.60. The van der Waals surface area contributed by atoms with Crippen LogP contribution in [-0.2, 0) is 16.0 Å². The number of carbonyl (C=O) groups excluding carboxylic acids is 2. The van der Waals surface area contributed by atoms with Crippen molar-refractivity contribution in [2.75, 3.05) is 18.0 Å². The van der Waals surface area contributed by atoms with Crippen LogP contribution in [0.15, 0.2) is 48.5 Å². The van der Waals surface area contributed by atoms with Crippen LogP contribution in [0.25, 0.3) is 0 Å². The number of anilines is 1. The minimum absolute atomic E-state index is 0.0951. The number of hydrogen-bond acceptors (Lipinski definition) is 2. The Morgan fingerprint density at radius 2 is 1.76 bits per heavy atom. The van der Waals surface area contributed by atoms with Crippen LogP contribution < -0.4 is 10.2 Å². The van der Waals surface area contributed by atoms with Crippen LogP contribution in [-0.4, -0.2) is 24.9 Å². The van der Waals surface area contributed by atoms with Gasteiger partial charge in [-0.15, -0.1) is 0 Å². The SMILES string of the molecule is CC(=O)N(CCC(=O)NCCc1ccccc1)c1ccc(Cl)c(Cl)c1. The van der Waals surface area contributed by atoms with E-state index in [1.165, 1.54) is 17.4 Å². The van der Waals surface area contributed by atoms with E-state index in [0.29, 0.717) is 22.3 Å². The first kappa shape index (κ1) is 19.3. The van der Waals surface area contributed by atoms with Crippen LogP contribution >= 0.6 is 23.2 Å². The van der Waals surface area contributed by atoms with Crippen molar-refractivity contribution in [3.8, 4) is 0 Å². The third-order valence-electron chi connectivity index (χ3n) is 3.74. The lowest BCUT2D eigenvalue weighted by Gasteiger charge is -2.21. The Labute approximate surface area is 157 Å². The molecule has 0 saturated heterocycles. The number of nitrogens with one attached hydrogen (secondary N) is 1. The Kier molecular flexibility index (Phi) is 7.29. The molecule has 0 saturated carbocycles. The fraction of sp³-hybridized carbons (Fsp3) is 0.263. The third kappa shape index (κ3) is 6.07. The lowest BCUT2D eigenvalue weighted by molar-refractivity contribution is -0.121. The predicted octanol–water partition coefficient (Wildman–Crippen LogP) is 4.10. The molecule has 0 aliphatic rings. The van der Waals surface area contributed by atoms with Crippen molar-refractivity contribution in [1.29, 1.82) is 0 Å². The molecule has 1 N–H and O–H groups in total. The highest BCUT2D eigenvalue weighted by Gasteiger charge is 2.14. The molecule has 0 aromatic heterocycles. The maximum atomic E-state index is 12.0. The lowest BCUT2D eigenvalue weighted by Crippen LogP contribution is -2.34. The van der Waals surface area contributed by atoms with Gasteiger partial charge in [0.25, 0.3) is 0 Å². The van der Waals surface area contributed by atoms with Crippen LogP contribution in [0, 0.1) is 0 Å². The summed E-state index contributed by atoms with van der Waals surface area (Å²) in [5.41, 5.74) is 1.79. The van der Waals surface area contributed by atoms with Gasteiger partial charge in [0.1, 0.15) is 0 Å². The first-order valence-electron chi connectivity index (χ1n) is 8.01. The molecule has 0 aliphatic heterocycles. The minimum atomic E-state index is -0.157. The highest BCUT2D eigenvalue weighted by Crippen LogP contribution is 2.27. The average molecular weight is 379 g/mol. The van der Waals surface area contributed by atoms with Crippen molar-refractivity contribution in [1.82, 2.24) is 5.32 Å². The van der Waals surface area contributed by atoms with E-state index in [1.54, 1.807) is 18.2 Å². The van der Waals surface area contributed by atoms with Gasteiger partial charge in [-0.25, -0.2) is 0 Å². The van der Waals surface area contributed by atoms with Gasteiger partial charge in [0.2, 0.25) is 11.8 Å². The molecule has 0 bridgehead atoms. The van der Waals surface area contributed by atoms with Gasteiger partial charge in [-0.3, -0.25) is 9.59 Å². The molecule has 0 heterocycles. The van der Waals surface area contributed by atoms with E-state index in [0.717, 1.165) is 6.42 Å². The summed E-state index contributed by atoms with van der Waals surface area (Å²) in [6, 6.07) is 14.9. The summed E-state index contributed by atoms with van der Waals surface area (Å²) in [5.74, 6) is -0.252. The quantitative estimate of drug-likeness (QED) is 0.788. The van der Waals surface area contributed by atoms with Crippen molar-refractivity contribution >= 4 is 40.7 Å². The van der Waals surface area contributed by atoms with Crippen LogP contribution in [0.3, 0.4) is 0 Å². The highest BCUT2D eigenvalue weighted by molar-refractivity contribution is 6.42. The Bertz CT molecular complexity index is 735. The number of hydrogen-bond donors (Lipinski definition) is 1. The number of amides is 2. The van der Waals surface area contributed by atoms with Crippen LogP contribution in [0.2, 0.25) is 10.0 Å². The average Bonchev–Trinajstić information content (AvgIpc) is 2.59. The molecule has 0 aliphatic carbocycles. The Balaban J connectivity index is 1.84. The Morgan fingerprint density at radius 1 is 1.04 bits per heavy atom. The van der Waals surface area contributed by atoms with Crippen molar-refractivity contribution in [2.24, 2.45) is 0 Å². The zero-order chi connectivity index (χ0) is 18.2. The minimum Gasteiger partial charge on any atom is -0.356 e. The van der Waals surface area contributed by atoms with E-state index in [9.17, 15) is 9.59 Å². The largest absolute Gasteiger partial charge is 0.356 e. The molecule has 0 radical (unpaired) electrons. The van der Waals surface area contributed by atoms with Gasteiger partial charge in [-0.2, -0.15) is 0 Å². The van der Waals surface area contributed by atoms with Gasteiger partial charge < -0.3 is 10.2 Å². The summed E-state index contributed by atoms with van der Waals surface area (Å²) in [6.45, 7) is 2.30. The normalized spacial score (nSPS) is 10.4. The monoisotopic (exact) mass is 378 g/mol. The summed E-state index contributed by atoms with van der Waals surface area (Å²) >= 11 is 11.9. The summed E-state index contributed by atoms with van der Waals surface area (Å²) in [5, 5.41) is 3.67. The number of rotatable bonds is 7. The van der Waals surface area contributed by atoms with Gasteiger partial charge in [-0.1, -0.05) is 53.5 Å². The summed E-state index contributed by atoms with van der Waals surface area (Å²) in [7, 11) is 0. The summed E-state index contributed by atoms with van der Waals surface area (Å²) < 4.78 is 0. The fourth-order valence-electron chi connectivity index (χ4n) is 2.41. The molecule has 2 aromatic rings. The van der Waals surface area contributed by atoms with E-state index in [4.69, 9.17) is 23.2 Å². The standard InChI is InChI=1S/C19H20Cl2N2O2/c1-14(24)23(16-7-8-17(20)18(21)13-16)12-10-19(25)22-11-9-15-5-3-2-4-6-15/h2-8,13H,9-12H2,1H3,(H,22,25). The van der Waals surface area contributed by atoms with Gasteiger partial charge >= 0.3 is 0 Å². The van der Waals surface area contributed by atoms with E-state index in [2.05, 4.69) is 5.32 Å². The highest BCUT2D eigenvalue weighted by atomic mass is 35.5. The molecule has 0 spiro atoms. The second kappa shape index (κ2) is 9.44. The van der Waals surface area contributed by atoms with E-state index in [-0.39, 0.29) is 24.8 Å². The molecular formula is C19H20Cl2N2O2. The molecule has 4 nitrogen and oxygen atoms in total. The molecule has 2 aromatic carbocycles. The fourth-order valence-corrected chi connectivity index (χ4v) is 2.71. The Morgan fingerprint density at radius 3 is 2.40 bits per heavy atom. The van der Waals surface area contributed by atoms with Gasteiger partial charge in [-0.05, 0) is 30.2 Å². The van der Waals surface area contributed by atoms with E-state index >= 15 is 0 Å². The van der Waals surface area contributed by atoms with Gasteiger partial charge in [0.15, 0.2) is 0 Å². The number of carbonyl (C=O) groups is 2. The molecule has 0 unspecified atom stereocenters. The van der Waals surface area contributed by atoms with Crippen molar-refractivity contribution < 1.29 is 9.59 Å².